The second kappa shape index (κ2) is 4.24. The van der Waals surface area contributed by atoms with Gasteiger partial charge >= 0.3 is 5.97 Å². The predicted octanol–water partition coefficient (Wildman–Crippen LogP) is 1.30. The summed E-state index contributed by atoms with van der Waals surface area (Å²) in [6.45, 7) is 0. The van der Waals surface area contributed by atoms with Gasteiger partial charge in [-0.1, -0.05) is 0 Å². The first-order valence-corrected chi connectivity index (χ1v) is 4.48. The Morgan fingerprint density at radius 2 is 2.18 bits per heavy atom. The van der Waals surface area contributed by atoms with Gasteiger partial charge in [0.25, 0.3) is 6.43 Å². The van der Waals surface area contributed by atoms with Crippen molar-refractivity contribution in [2.75, 3.05) is 0 Å². The third-order valence-electron chi connectivity index (χ3n) is 2.11. The van der Waals surface area contributed by atoms with E-state index in [9.17, 15) is 13.6 Å². The van der Waals surface area contributed by atoms with Gasteiger partial charge in [-0.15, -0.1) is 5.10 Å². The average Bonchev–Trinajstić information content (AvgIpc) is 2.81. The number of alkyl halides is 2. The lowest BCUT2D eigenvalue weighted by molar-refractivity contribution is 0.0696. The zero-order valence-electron chi connectivity index (χ0n) is 8.29. The Balaban J connectivity index is 2.57. The molecule has 0 radical (unpaired) electrons. The van der Waals surface area contributed by atoms with Crippen LogP contribution in [0.25, 0.3) is 5.69 Å². The summed E-state index contributed by atoms with van der Waals surface area (Å²) in [5, 5.41) is 18.9. The number of halogens is 2. The molecular weight excluding hydrogens is 234 g/mol. The topological polar surface area (TPSA) is 80.9 Å². The maximum Gasteiger partial charge on any atom is 0.335 e. The van der Waals surface area contributed by atoms with E-state index in [1.54, 1.807) is 0 Å². The fourth-order valence-electron chi connectivity index (χ4n) is 1.34. The highest BCUT2D eigenvalue weighted by Crippen LogP contribution is 2.26. The summed E-state index contributed by atoms with van der Waals surface area (Å²) in [4.78, 5) is 10.7. The van der Waals surface area contributed by atoms with Crippen molar-refractivity contribution < 1.29 is 18.7 Å². The third-order valence-corrected chi connectivity index (χ3v) is 2.11. The number of carbonyl (C=O) groups is 1. The monoisotopic (exact) mass is 240 g/mol. The van der Waals surface area contributed by atoms with E-state index in [4.69, 9.17) is 5.11 Å². The minimum atomic E-state index is -2.81. The van der Waals surface area contributed by atoms with Crippen molar-refractivity contribution in [3.05, 3.63) is 35.7 Å². The smallest absolute Gasteiger partial charge is 0.335 e. The second-order valence-electron chi connectivity index (χ2n) is 3.13. The van der Waals surface area contributed by atoms with Crippen LogP contribution in [0.4, 0.5) is 8.78 Å². The summed E-state index contributed by atoms with van der Waals surface area (Å²) < 4.78 is 26.6. The molecule has 6 nitrogen and oxygen atoms in total. The molecule has 1 heterocycles. The highest BCUT2D eigenvalue weighted by molar-refractivity contribution is 5.88. The van der Waals surface area contributed by atoms with Gasteiger partial charge in [-0.05, 0) is 28.6 Å². The molecule has 88 valence electrons. The number of rotatable bonds is 3. The van der Waals surface area contributed by atoms with Crippen LogP contribution in [0.3, 0.4) is 0 Å². The SMILES string of the molecule is O=C(O)c1ccc(-n2cnnn2)c(C(F)F)c1. The van der Waals surface area contributed by atoms with Gasteiger partial charge in [-0.3, -0.25) is 0 Å². The van der Waals surface area contributed by atoms with Crippen molar-refractivity contribution in [3.8, 4) is 5.69 Å². The lowest BCUT2D eigenvalue weighted by Crippen LogP contribution is -2.04. The number of hydrogen-bond acceptors (Lipinski definition) is 4. The van der Waals surface area contributed by atoms with Gasteiger partial charge in [0.1, 0.15) is 6.33 Å². The Morgan fingerprint density at radius 1 is 1.41 bits per heavy atom. The van der Waals surface area contributed by atoms with E-state index in [1.165, 1.54) is 12.1 Å². The Kier molecular flexibility index (Phi) is 2.77. The van der Waals surface area contributed by atoms with Gasteiger partial charge in [-0.25, -0.2) is 18.3 Å². The number of nitrogens with zero attached hydrogens (tertiary/aromatic N) is 4. The fourth-order valence-corrected chi connectivity index (χ4v) is 1.34. The normalized spacial score (nSPS) is 10.8. The Morgan fingerprint density at radius 3 is 2.71 bits per heavy atom. The molecule has 17 heavy (non-hydrogen) atoms. The summed E-state index contributed by atoms with van der Waals surface area (Å²) >= 11 is 0. The lowest BCUT2D eigenvalue weighted by atomic mass is 10.1. The molecule has 0 aliphatic rings. The van der Waals surface area contributed by atoms with Crippen molar-refractivity contribution in [2.45, 2.75) is 6.43 Å². The number of carboxylic acid groups (broad SMARTS) is 1. The minimum Gasteiger partial charge on any atom is -0.478 e. The van der Waals surface area contributed by atoms with E-state index in [-0.39, 0.29) is 11.3 Å². The first-order valence-electron chi connectivity index (χ1n) is 4.48. The van der Waals surface area contributed by atoms with Crippen LogP contribution in [0.5, 0.6) is 0 Å². The van der Waals surface area contributed by atoms with E-state index in [0.717, 1.165) is 17.1 Å². The van der Waals surface area contributed by atoms with Gasteiger partial charge in [0.2, 0.25) is 0 Å². The van der Waals surface area contributed by atoms with Crippen molar-refractivity contribution in [1.82, 2.24) is 20.2 Å². The minimum absolute atomic E-state index is 0.0509. The standard InChI is InChI=1S/C9H6F2N4O2/c10-8(11)6-3-5(9(16)17)1-2-7(6)15-4-12-13-14-15/h1-4,8H,(H,16,17). The third kappa shape index (κ3) is 2.10. The maximum absolute atomic E-state index is 12.8. The number of aromatic nitrogens is 4. The molecule has 0 unspecified atom stereocenters. The van der Waals surface area contributed by atoms with Crippen LogP contribution in [0.2, 0.25) is 0 Å². The van der Waals surface area contributed by atoms with Crippen LogP contribution in [0, 0.1) is 0 Å². The van der Waals surface area contributed by atoms with Crippen LogP contribution in [-0.4, -0.2) is 31.3 Å². The molecule has 1 N–H and O–H groups in total. The highest BCUT2D eigenvalue weighted by atomic mass is 19.3. The molecule has 0 aliphatic carbocycles. The van der Waals surface area contributed by atoms with Gasteiger partial charge in [-0.2, -0.15) is 0 Å². The Labute approximate surface area is 93.5 Å². The lowest BCUT2D eigenvalue weighted by Gasteiger charge is -2.08. The van der Waals surface area contributed by atoms with Crippen molar-refractivity contribution in [3.63, 3.8) is 0 Å². The molecule has 0 spiro atoms. The molecule has 0 saturated carbocycles. The quantitative estimate of drug-likeness (QED) is 0.874. The number of hydrogen-bond donors (Lipinski definition) is 1. The van der Waals surface area contributed by atoms with Crippen LogP contribution in [0.15, 0.2) is 24.5 Å². The summed E-state index contributed by atoms with van der Waals surface area (Å²) in [5.74, 6) is -1.27. The van der Waals surface area contributed by atoms with E-state index in [1.807, 2.05) is 0 Å². The summed E-state index contributed by atoms with van der Waals surface area (Å²) in [6.07, 6.45) is -1.66. The summed E-state index contributed by atoms with van der Waals surface area (Å²) in [7, 11) is 0. The zero-order chi connectivity index (χ0) is 12.4. The molecule has 0 aliphatic heterocycles. The predicted molar refractivity (Wildman–Crippen MR) is 51.1 cm³/mol. The number of carboxylic acids is 1. The summed E-state index contributed by atoms with van der Waals surface area (Å²) in [5.41, 5.74) is -0.593. The Bertz CT molecular complexity index is 542. The first-order chi connectivity index (χ1) is 8.09. The molecule has 0 bridgehead atoms. The molecule has 0 amide bonds. The van der Waals surface area contributed by atoms with E-state index < -0.39 is 18.0 Å². The number of aromatic carboxylic acids is 1. The number of tetrazole rings is 1. The second-order valence-corrected chi connectivity index (χ2v) is 3.13. The maximum atomic E-state index is 12.8. The van der Waals surface area contributed by atoms with E-state index in [2.05, 4.69) is 15.5 Å². The molecule has 0 saturated heterocycles. The van der Waals surface area contributed by atoms with E-state index in [0.29, 0.717) is 0 Å². The van der Waals surface area contributed by atoms with Crippen LogP contribution >= 0.6 is 0 Å². The van der Waals surface area contributed by atoms with Crippen LogP contribution in [-0.2, 0) is 0 Å². The zero-order valence-corrected chi connectivity index (χ0v) is 8.29. The molecule has 1 aromatic carbocycles. The van der Waals surface area contributed by atoms with Crippen molar-refractivity contribution >= 4 is 5.97 Å². The molecule has 2 rings (SSSR count). The number of benzene rings is 1. The molecule has 8 heteroatoms. The molecule has 0 fully saturated rings. The molecule has 0 atom stereocenters. The van der Waals surface area contributed by atoms with E-state index >= 15 is 0 Å². The largest absolute Gasteiger partial charge is 0.478 e. The highest BCUT2D eigenvalue weighted by Gasteiger charge is 2.17. The van der Waals surface area contributed by atoms with Gasteiger partial charge in [0.05, 0.1) is 11.3 Å². The average molecular weight is 240 g/mol. The van der Waals surface area contributed by atoms with Gasteiger partial charge in [0, 0.05) is 5.56 Å². The van der Waals surface area contributed by atoms with Crippen molar-refractivity contribution in [2.24, 2.45) is 0 Å². The molecule has 2 aromatic rings. The first kappa shape index (κ1) is 11.1. The van der Waals surface area contributed by atoms with Crippen LogP contribution < -0.4 is 0 Å². The van der Waals surface area contributed by atoms with Crippen molar-refractivity contribution in [1.29, 1.82) is 0 Å². The fraction of sp³-hybridized carbons (Fsp3) is 0.111. The summed E-state index contributed by atoms with van der Waals surface area (Å²) in [6, 6.07) is 3.36. The molecule has 1 aromatic heterocycles. The Hall–Kier alpha value is -2.38. The molecular formula is C9H6F2N4O2. The van der Waals surface area contributed by atoms with Gasteiger partial charge < -0.3 is 5.11 Å². The van der Waals surface area contributed by atoms with Crippen LogP contribution in [0.1, 0.15) is 22.3 Å². The van der Waals surface area contributed by atoms with Gasteiger partial charge in [0.15, 0.2) is 0 Å².